The number of carbonyl (C=O) groups excluding carboxylic acids is 4. The third-order valence-electron chi connectivity index (χ3n) is 11.9. The molecular weight excluding hydrogens is 985 g/mol. The Labute approximate surface area is 431 Å². The van der Waals surface area contributed by atoms with Crippen LogP contribution in [0.4, 0.5) is 16.2 Å². The highest BCUT2D eigenvalue weighted by Gasteiger charge is 2.46. The van der Waals surface area contributed by atoms with Crippen LogP contribution in [-0.2, 0) is 52.7 Å². The number of aromatic nitrogens is 2. The smallest absolute Gasteiger partial charge is 0.410 e. The molecule has 73 heavy (non-hydrogen) atoms. The third kappa shape index (κ3) is 16.2. The number of sulfone groups is 1. The molecular formula is C51H72N6O14S2. The highest BCUT2D eigenvalue weighted by molar-refractivity contribution is 7.92. The van der Waals surface area contributed by atoms with Crippen LogP contribution >= 0.6 is 11.3 Å². The maximum atomic E-state index is 14.0. The second-order valence-corrected chi connectivity index (χ2v) is 24.5. The Morgan fingerprint density at radius 3 is 2.08 bits per heavy atom. The van der Waals surface area contributed by atoms with E-state index < -0.39 is 73.5 Å². The van der Waals surface area contributed by atoms with E-state index in [1.165, 1.54) is 18.9 Å². The number of anilines is 2. The molecule has 1 saturated heterocycles. The van der Waals surface area contributed by atoms with Gasteiger partial charge in [0.1, 0.15) is 47.6 Å². The van der Waals surface area contributed by atoms with Gasteiger partial charge in [-0.15, -0.1) is 11.3 Å². The Morgan fingerprint density at radius 1 is 0.849 bits per heavy atom. The van der Waals surface area contributed by atoms with E-state index in [1.54, 1.807) is 104 Å². The molecule has 4 atom stereocenters. The molecule has 3 N–H and O–H groups in total. The lowest BCUT2D eigenvalue weighted by Crippen LogP contribution is -2.59. The van der Waals surface area contributed by atoms with Crippen LogP contribution in [0.3, 0.4) is 0 Å². The van der Waals surface area contributed by atoms with E-state index in [2.05, 4.69) is 20.6 Å². The second kappa shape index (κ2) is 25.1. The van der Waals surface area contributed by atoms with Gasteiger partial charge in [0.25, 0.3) is 0 Å². The van der Waals surface area contributed by atoms with Crippen molar-refractivity contribution in [1.82, 2.24) is 25.1 Å². The van der Waals surface area contributed by atoms with E-state index in [1.807, 2.05) is 18.2 Å². The molecule has 4 aromatic rings. The van der Waals surface area contributed by atoms with Crippen molar-refractivity contribution in [3.05, 3.63) is 48.1 Å². The number of thiazole rings is 1. The number of carboxylic acid groups (broad SMARTS) is 1. The normalized spacial score (nSPS) is 16.3. The molecule has 402 valence electrons. The number of amides is 3. The van der Waals surface area contributed by atoms with E-state index in [0.29, 0.717) is 16.6 Å². The van der Waals surface area contributed by atoms with Crippen molar-refractivity contribution in [3.63, 3.8) is 0 Å². The molecule has 0 bridgehead atoms. The zero-order valence-electron chi connectivity index (χ0n) is 43.8. The molecule has 5 rings (SSSR count). The minimum absolute atomic E-state index is 0.000508. The maximum Gasteiger partial charge on any atom is 0.410 e. The van der Waals surface area contributed by atoms with E-state index >= 15 is 0 Å². The minimum atomic E-state index is -3.84. The summed E-state index contributed by atoms with van der Waals surface area (Å²) in [5.41, 5.74) is 3.06. The highest BCUT2D eigenvalue weighted by Crippen LogP contribution is 2.38. The topological polar surface area (TPSA) is 251 Å². The Balaban J connectivity index is 0.983. The van der Waals surface area contributed by atoms with Gasteiger partial charge in [0.15, 0.2) is 15.6 Å². The summed E-state index contributed by atoms with van der Waals surface area (Å²) in [5.74, 6) is -2.96. The lowest BCUT2D eigenvalue weighted by molar-refractivity contribution is -0.151. The van der Waals surface area contributed by atoms with Gasteiger partial charge >= 0.3 is 12.1 Å². The number of likely N-dealkylation sites (tertiary alicyclic amines) is 1. The molecule has 3 heterocycles. The van der Waals surface area contributed by atoms with Crippen molar-refractivity contribution in [3.8, 4) is 5.75 Å². The zero-order valence-corrected chi connectivity index (χ0v) is 45.4. The van der Waals surface area contributed by atoms with Crippen molar-refractivity contribution >= 4 is 83.3 Å². The average Bonchev–Trinajstić information content (AvgIpc) is 3.96. The van der Waals surface area contributed by atoms with Crippen molar-refractivity contribution < 1.29 is 65.9 Å². The summed E-state index contributed by atoms with van der Waals surface area (Å²) in [5, 5.41) is 16.8. The molecule has 22 heteroatoms. The number of nitrogens with zero attached hydrogens (tertiary/aromatic N) is 4. The van der Waals surface area contributed by atoms with Crippen LogP contribution in [0.5, 0.6) is 5.75 Å². The molecule has 1 aliphatic rings. The molecule has 2 aromatic carbocycles. The number of pyridine rings is 1. The number of carboxylic acids is 1. The number of aliphatic carboxylic acids is 1. The van der Waals surface area contributed by atoms with Gasteiger partial charge in [-0.25, -0.2) is 23.0 Å². The van der Waals surface area contributed by atoms with Crippen LogP contribution in [0.25, 0.3) is 21.1 Å². The highest BCUT2D eigenvalue weighted by atomic mass is 32.2. The fourth-order valence-corrected chi connectivity index (χ4v) is 9.71. The number of benzene rings is 2. The first-order valence-corrected chi connectivity index (χ1v) is 26.6. The molecule has 20 nitrogen and oxygen atoms in total. The summed E-state index contributed by atoms with van der Waals surface area (Å²) in [6, 6.07) is 7.57. The number of hydrogen-bond acceptors (Lipinski definition) is 17. The number of likely N-dealkylation sites (N-methyl/N-ethyl adjacent to an activating group) is 1. The Hall–Kier alpha value is -5.52. The lowest BCUT2D eigenvalue weighted by atomic mass is 9.85. The van der Waals surface area contributed by atoms with E-state index in [0.717, 1.165) is 20.8 Å². The van der Waals surface area contributed by atoms with Gasteiger partial charge in [0.2, 0.25) is 11.8 Å². The van der Waals surface area contributed by atoms with Crippen LogP contribution in [-0.4, -0.2) is 164 Å². The summed E-state index contributed by atoms with van der Waals surface area (Å²) in [7, 11) is -2.43. The van der Waals surface area contributed by atoms with Crippen LogP contribution in [0.2, 0.25) is 0 Å². The molecule has 0 radical (unpaired) electrons. The van der Waals surface area contributed by atoms with Crippen molar-refractivity contribution in [2.24, 2.45) is 11.3 Å². The number of hydrogen-bond donors (Lipinski definition) is 3. The van der Waals surface area contributed by atoms with Gasteiger partial charge in [-0.1, -0.05) is 20.8 Å². The molecule has 2 aromatic heterocycles. The number of rotatable bonds is 25. The first kappa shape index (κ1) is 58.4. The molecule has 0 aliphatic carbocycles. The molecule has 3 amide bonds. The first-order valence-electron chi connectivity index (χ1n) is 24.2. The third-order valence-corrected chi connectivity index (χ3v) is 15.2. The largest absolute Gasteiger partial charge is 0.490 e. The summed E-state index contributed by atoms with van der Waals surface area (Å²) >= 11 is 1.55. The second-order valence-electron chi connectivity index (χ2n) is 21.0. The SMILES string of the molecule is C[C@@H](C(=O)N[C@H](C(=O)N1C[C@@H](CC(=O)COCCOCCOCCOCCOc2cc3nccc(Nc4ccc5scnc5c4)c3cc2S(=O)(=O)C(C)(C)C)C[C@H]1C(=O)O)C(C)(C)C)N(C)C(=O)OC(C)(C)C. The summed E-state index contributed by atoms with van der Waals surface area (Å²) in [6.45, 7) is 18.2. The predicted molar refractivity (Wildman–Crippen MR) is 276 cm³/mol. The zero-order chi connectivity index (χ0) is 53.9. The van der Waals surface area contributed by atoms with Crippen molar-refractivity contribution in [2.75, 3.05) is 78.4 Å². The van der Waals surface area contributed by atoms with E-state index in [4.69, 9.17) is 28.4 Å². The summed E-state index contributed by atoms with van der Waals surface area (Å²) in [6.07, 6.45) is 0.979. The van der Waals surface area contributed by atoms with E-state index in [-0.39, 0.29) is 95.3 Å². The molecule has 1 fully saturated rings. The maximum absolute atomic E-state index is 14.0. The Morgan fingerprint density at radius 2 is 1.48 bits per heavy atom. The number of fused-ring (bicyclic) bond motifs is 2. The first-order chi connectivity index (χ1) is 34.2. The lowest BCUT2D eigenvalue weighted by Gasteiger charge is -2.36. The monoisotopic (exact) mass is 1060 g/mol. The Bertz CT molecular complexity index is 2680. The van der Waals surface area contributed by atoms with Gasteiger partial charge in [0.05, 0.1) is 72.2 Å². The van der Waals surface area contributed by atoms with Gasteiger partial charge in [0, 0.05) is 49.0 Å². The van der Waals surface area contributed by atoms with Gasteiger partial charge < -0.3 is 49.1 Å². The van der Waals surface area contributed by atoms with Gasteiger partial charge in [-0.2, -0.15) is 0 Å². The number of ketones is 1. The van der Waals surface area contributed by atoms with Crippen LogP contribution < -0.4 is 15.4 Å². The number of nitrogens with one attached hydrogen (secondary N) is 2. The quantitative estimate of drug-likeness (QED) is 0.0587. The molecule has 1 aliphatic heterocycles. The van der Waals surface area contributed by atoms with Crippen molar-refractivity contribution in [1.29, 1.82) is 0 Å². The van der Waals surface area contributed by atoms with Crippen LogP contribution in [0.15, 0.2) is 53.0 Å². The fraction of sp³-hybridized carbons (Fsp3) is 0.588. The van der Waals surface area contributed by atoms with Crippen LogP contribution in [0, 0.1) is 11.3 Å². The minimum Gasteiger partial charge on any atom is -0.490 e. The number of ether oxygens (including phenoxy) is 6. The summed E-state index contributed by atoms with van der Waals surface area (Å²) in [4.78, 5) is 76.4. The van der Waals surface area contributed by atoms with Gasteiger partial charge in [-0.3, -0.25) is 24.3 Å². The summed E-state index contributed by atoms with van der Waals surface area (Å²) < 4.78 is 61.4. The molecule has 0 spiro atoms. The molecule has 0 unspecified atom stereocenters. The van der Waals surface area contributed by atoms with Gasteiger partial charge in [-0.05, 0) is 96.6 Å². The number of Topliss-reactive ketones (excluding diaryl/α,β-unsaturated/α-hetero) is 1. The van der Waals surface area contributed by atoms with E-state index in [9.17, 15) is 37.5 Å². The predicted octanol–water partition coefficient (Wildman–Crippen LogP) is 6.65. The fourth-order valence-electron chi connectivity index (χ4n) is 7.74. The Kier molecular flexibility index (Phi) is 20.1. The standard InChI is InChI=1S/C51H72N6O14S2/c1-32(56(11)48(63)71-50(5,6)7)45(59)55-44(49(2,3)4)46(60)57-29-33(25-40(57)47(61)62)24-35(58)30-69-21-20-67-17-16-66-18-19-68-22-23-70-41-28-38-36(27-43(41)73(64,65)51(8,9)10)37(14-15-52-38)54-34-12-13-42-39(26-34)53-31-72-42/h12-15,26-28,31-33,40,44H,16-25,29-30H2,1-11H3,(H,52,54)(H,55,59)(H,61,62)/t32-,33-,40-,44+/m0/s1. The molecule has 0 saturated carbocycles. The average molecular weight is 1060 g/mol. The van der Waals surface area contributed by atoms with Crippen molar-refractivity contribution in [2.45, 2.75) is 115 Å². The number of carbonyl (C=O) groups is 5. The van der Waals surface area contributed by atoms with Crippen LogP contribution in [0.1, 0.15) is 82.1 Å².